The van der Waals surface area contributed by atoms with Crippen LogP contribution in [-0.2, 0) is 0 Å². The van der Waals surface area contributed by atoms with Gasteiger partial charge in [-0.25, -0.2) is 0 Å². The van der Waals surface area contributed by atoms with Crippen LogP contribution in [-0.4, -0.2) is 11.3 Å². The summed E-state index contributed by atoms with van der Waals surface area (Å²) >= 11 is -0.246. The van der Waals surface area contributed by atoms with Gasteiger partial charge in [-0.1, -0.05) is 82.2 Å². The number of alkyl halides is 3. The third-order valence-corrected chi connectivity index (χ3v) is 5.59. The van der Waals surface area contributed by atoms with Crippen molar-refractivity contribution in [2.75, 3.05) is 0 Å². The van der Waals surface area contributed by atoms with E-state index < -0.39 is 5.51 Å². The van der Waals surface area contributed by atoms with Gasteiger partial charge >= 0.3 is 5.51 Å². The molecule has 0 aliphatic carbocycles. The topological polar surface area (TPSA) is 40.9 Å². The number of nitriles is 1. The first-order valence-electron chi connectivity index (χ1n) is 10.3. The summed E-state index contributed by atoms with van der Waals surface area (Å²) in [6.07, 6.45) is 8.86. The number of hydrogen-bond donors (Lipinski definition) is 0. The maximum Gasteiger partial charge on any atom is 0.446 e. The van der Waals surface area contributed by atoms with Gasteiger partial charge in [-0.3, -0.25) is 4.79 Å². The Hall–Kier alpha value is -1.74. The molecule has 0 atom stereocenters. The highest BCUT2D eigenvalue weighted by Crippen LogP contribution is 2.40. The van der Waals surface area contributed by atoms with Crippen molar-refractivity contribution in [2.45, 2.75) is 83.1 Å². The highest BCUT2D eigenvalue weighted by Gasteiger charge is 2.31. The summed E-state index contributed by atoms with van der Waals surface area (Å²) in [5.41, 5.74) is -3.82. The maximum absolute atomic E-state index is 13.0. The quantitative estimate of drug-likeness (QED) is 0.171. The number of carbonyl (C=O) groups is 1. The highest BCUT2D eigenvalue weighted by atomic mass is 32.2. The molecule has 0 bridgehead atoms. The van der Waals surface area contributed by atoms with Crippen molar-refractivity contribution < 1.29 is 18.0 Å². The number of Topliss-reactive ketones (excluding diaryl/α,β-unsaturated/α-hetero) is 1. The number of ketones is 1. The van der Waals surface area contributed by atoms with Gasteiger partial charge in [-0.2, -0.15) is 18.4 Å². The molecule has 1 aromatic carbocycles. The van der Waals surface area contributed by atoms with E-state index in [1.807, 2.05) is 6.07 Å². The zero-order valence-corrected chi connectivity index (χ0v) is 17.9. The van der Waals surface area contributed by atoms with Gasteiger partial charge in [0.05, 0.1) is 6.07 Å². The van der Waals surface area contributed by atoms with E-state index in [-0.39, 0.29) is 40.9 Å². The van der Waals surface area contributed by atoms with Gasteiger partial charge in [0.15, 0.2) is 5.78 Å². The molecule has 0 saturated heterocycles. The fraction of sp³-hybridized carbons (Fsp3) is 0.565. The number of halogens is 3. The Morgan fingerprint density at radius 2 is 1.52 bits per heavy atom. The summed E-state index contributed by atoms with van der Waals surface area (Å²) in [6, 6.07) is 10.5. The van der Waals surface area contributed by atoms with Crippen molar-refractivity contribution in [2.24, 2.45) is 0 Å². The van der Waals surface area contributed by atoms with Gasteiger partial charge in [0.25, 0.3) is 0 Å². The number of benzene rings is 1. The van der Waals surface area contributed by atoms with Crippen molar-refractivity contribution in [3.63, 3.8) is 0 Å². The van der Waals surface area contributed by atoms with Crippen LogP contribution >= 0.6 is 11.8 Å². The Kier molecular flexibility index (Phi) is 12.5. The third kappa shape index (κ3) is 11.8. The second kappa shape index (κ2) is 14.3. The molecule has 160 valence electrons. The Bertz CT molecular complexity index is 678. The normalized spacial score (nSPS) is 12.4. The molecule has 0 unspecified atom stereocenters. The number of thioether (sulfide) groups is 1. The summed E-state index contributed by atoms with van der Waals surface area (Å²) in [6.45, 7) is 2.17. The van der Waals surface area contributed by atoms with Crippen LogP contribution in [0.5, 0.6) is 0 Å². The van der Waals surface area contributed by atoms with Crippen LogP contribution in [0, 0.1) is 11.3 Å². The predicted molar refractivity (Wildman–Crippen MR) is 114 cm³/mol. The standard InChI is InChI=1S/C23H30F3NOS/c1-2-3-4-5-6-7-8-10-15-20(18-27)22(29-23(24,25)26)17-16-21(28)19-13-11-9-12-14-19/h9,11-14H,2-8,10,15-17H2,1H3/b22-20+. The van der Waals surface area contributed by atoms with E-state index >= 15 is 0 Å². The highest BCUT2D eigenvalue weighted by molar-refractivity contribution is 8.03. The van der Waals surface area contributed by atoms with Gasteiger partial charge in [0, 0.05) is 22.5 Å². The molecule has 0 radical (unpaired) electrons. The lowest BCUT2D eigenvalue weighted by Gasteiger charge is -2.12. The molecule has 0 aliphatic heterocycles. The summed E-state index contributed by atoms with van der Waals surface area (Å²) in [5.74, 6) is -0.213. The average molecular weight is 426 g/mol. The van der Waals surface area contributed by atoms with Crippen LogP contribution < -0.4 is 0 Å². The summed E-state index contributed by atoms with van der Waals surface area (Å²) in [7, 11) is 0. The molecule has 6 heteroatoms. The van der Waals surface area contributed by atoms with Gasteiger partial charge < -0.3 is 0 Å². The molecule has 2 nitrogen and oxygen atoms in total. The first-order chi connectivity index (χ1) is 13.9. The molecule has 0 spiro atoms. The van der Waals surface area contributed by atoms with Crippen molar-refractivity contribution in [3.05, 3.63) is 46.4 Å². The molecule has 0 aromatic heterocycles. The zero-order chi connectivity index (χ0) is 21.5. The smallest absolute Gasteiger partial charge is 0.294 e. The molecular formula is C23H30F3NOS. The lowest BCUT2D eigenvalue weighted by atomic mass is 10.0. The van der Waals surface area contributed by atoms with Crippen molar-refractivity contribution >= 4 is 17.5 Å². The minimum absolute atomic E-state index is 0.0211. The van der Waals surface area contributed by atoms with E-state index in [4.69, 9.17) is 0 Å². The van der Waals surface area contributed by atoms with Crippen LogP contribution in [0.1, 0.15) is 87.9 Å². The molecule has 1 rings (SSSR count). The average Bonchev–Trinajstić information content (AvgIpc) is 2.70. The Morgan fingerprint density at radius 3 is 2.07 bits per heavy atom. The summed E-state index contributed by atoms with van der Waals surface area (Å²) in [5, 5.41) is 9.40. The van der Waals surface area contributed by atoms with E-state index in [1.165, 1.54) is 25.7 Å². The minimum atomic E-state index is -4.47. The summed E-state index contributed by atoms with van der Waals surface area (Å²) in [4.78, 5) is 12.2. The van der Waals surface area contributed by atoms with Crippen LogP contribution in [0.2, 0.25) is 0 Å². The van der Waals surface area contributed by atoms with E-state index in [0.29, 0.717) is 18.4 Å². The second-order valence-corrected chi connectivity index (χ2v) is 8.24. The maximum atomic E-state index is 13.0. The zero-order valence-electron chi connectivity index (χ0n) is 17.1. The molecule has 0 N–H and O–H groups in total. The number of hydrogen-bond acceptors (Lipinski definition) is 3. The molecule has 0 heterocycles. The first kappa shape index (κ1) is 25.3. The molecular weight excluding hydrogens is 395 g/mol. The predicted octanol–water partition coefficient (Wildman–Crippen LogP) is 8.21. The lowest BCUT2D eigenvalue weighted by molar-refractivity contribution is -0.0323. The van der Waals surface area contributed by atoms with Gasteiger partial charge in [-0.05, 0) is 31.0 Å². The van der Waals surface area contributed by atoms with Gasteiger partial charge in [-0.15, -0.1) is 0 Å². The fourth-order valence-corrected chi connectivity index (χ4v) is 3.85. The van der Waals surface area contributed by atoms with Gasteiger partial charge in [0.1, 0.15) is 0 Å². The molecule has 0 aliphatic rings. The van der Waals surface area contributed by atoms with Crippen molar-refractivity contribution in [3.8, 4) is 6.07 Å². The molecule has 0 saturated carbocycles. The first-order valence-corrected chi connectivity index (χ1v) is 11.1. The molecule has 1 aromatic rings. The van der Waals surface area contributed by atoms with Crippen molar-refractivity contribution in [1.29, 1.82) is 5.26 Å². The second-order valence-electron chi connectivity index (χ2n) is 7.08. The van der Waals surface area contributed by atoms with Crippen LogP contribution in [0.25, 0.3) is 0 Å². The largest absolute Gasteiger partial charge is 0.446 e. The Labute approximate surface area is 176 Å². The number of carbonyl (C=O) groups excluding carboxylic acids is 1. The van der Waals surface area contributed by atoms with E-state index in [9.17, 15) is 23.2 Å². The van der Waals surface area contributed by atoms with Crippen LogP contribution in [0.15, 0.2) is 40.8 Å². The third-order valence-electron chi connectivity index (χ3n) is 4.67. The minimum Gasteiger partial charge on any atom is -0.294 e. The molecule has 0 fully saturated rings. The van der Waals surface area contributed by atoms with Crippen molar-refractivity contribution in [1.82, 2.24) is 0 Å². The Morgan fingerprint density at radius 1 is 0.931 bits per heavy atom. The number of unbranched alkanes of at least 4 members (excludes halogenated alkanes) is 7. The molecule has 0 amide bonds. The number of allylic oxidation sites excluding steroid dienone is 2. The van der Waals surface area contributed by atoms with Crippen LogP contribution in [0.4, 0.5) is 13.2 Å². The summed E-state index contributed by atoms with van der Waals surface area (Å²) < 4.78 is 38.9. The Balaban J connectivity index is 2.62. The van der Waals surface area contributed by atoms with E-state index in [2.05, 4.69) is 6.92 Å². The van der Waals surface area contributed by atoms with E-state index in [1.54, 1.807) is 30.3 Å². The number of rotatable bonds is 14. The lowest BCUT2D eigenvalue weighted by Crippen LogP contribution is -2.05. The SMILES string of the molecule is CCCCCCCCCC/C(C#N)=C(/CCC(=O)c1ccccc1)SC(F)(F)F. The number of nitrogens with zero attached hydrogens (tertiary/aromatic N) is 1. The van der Waals surface area contributed by atoms with E-state index in [0.717, 1.165) is 19.3 Å². The monoisotopic (exact) mass is 425 g/mol. The molecule has 29 heavy (non-hydrogen) atoms. The van der Waals surface area contributed by atoms with Gasteiger partial charge in [0.2, 0.25) is 0 Å². The fourth-order valence-electron chi connectivity index (χ4n) is 3.09. The van der Waals surface area contributed by atoms with Crippen LogP contribution in [0.3, 0.4) is 0 Å².